The summed E-state index contributed by atoms with van der Waals surface area (Å²) in [5.74, 6) is 0.231. The molecule has 1 saturated heterocycles. The van der Waals surface area contributed by atoms with E-state index in [1.807, 2.05) is 13.0 Å². The van der Waals surface area contributed by atoms with Crippen LogP contribution in [0.3, 0.4) is 0 Å². The molecule has 1 fully saturated rings. The third-order valence-electron chi connectivity index (χ3n) is 4.47. The Morgan fingerprint density at radius 1 is 1.33 bits per heavy atom. The molecule has 7 nitrogen and oxygen atoms in total. The Kier molecular flexibility index (Phi) is 5.23. The number of esters is 1. The van der Waals surface area contributed by atoms with Gasteiger partial charge in [0.05, 0.1) is 7.11 Å². The van der Waals surface area contributed by atoms with Gasteiger partial charge in [-0.15, -0.1) is 0 Å². The van der Waals surface area contributed by atoms with E-state index in [4.69, 9.17) is 18.6 Å². The van der Waals surface area contributed by atoms with Crippen LogP contribution in [0.5, 0.6) is 11.5 Å². The number of methoxy groups -OCH3 is 1. The van der Waals surface area contributed by atoms with Gasteiger partial charge in [-0.3, -0.25) is 0 Å². The van der Waals surface area contributed by atoms with Gasteiger partial charge in [0.15, 0.2) is 16.9 Å². The minimum absolute atomic E-state index is 0.266. The second-order valence-corrected chi connectivity index (χ2v) is 6.84. The maximum Gasteiger partial charge on any atom is 0.338 e. The molecule has 1 aliphatic heterocycles. The number of hydrogen-bond acceptors (Lipinski definition) is 7. The maximum absolute atomic E-state index is 11.5. The number of rotatable bonds is 6. The second-order valence-electron chi connectivity index (χ2n) is 6.84. The molecule has 0 spiro atoms. The Bertz CT molecular complexity index is 939. The summed E-state index contributed by atoms with van der Waals surface area (Å²) >= 11 is 0. The Balaban J connectivity index is 1.67. The second kappa shape index (κ2) is 7.44. The van der Waals surface area contributed by atoms with E-state index >= 15 is 0 Å². The molecule has 1 N–H and O–H groups in total. The molecule has 0 saturated carbocycles. The summed E-state index contributed by atoms with van der Waals surface area (Å²) in [6, 6.07) is 6.55. The van der Waals surface area contributed by atoms with E-state index in [2.05, 4.69) is 0 Å². The predicted octanol–water partition coefficient (Wildman–Crippen LogP) is 2.58. The van der Waals surface area contributed by atoms with Gasteiger partial charge >= 0.3 is 11.6 Å². The van der Waals surface area contributed by atoms with Crippen LogP contribution in [0.4, 0.5) is 0 Å². The zero-order valence-electron chi connectivity index (χ0n) is 15.5. The zero-order valence-corrected chi connectivity index (χ0v) is 15.5. The summed E-state index contributed by atoms with van der Waals surface area (Å²) in [6.45, 7) is 3.63. The third kappa shape index (κ3) is 4.14. The number of aliphatic hydroxyl groups is 1. The largest absolute Gasteiger partial charge is 0.490 e. The van der Waals surface area contributed by atoms with Crippen molar-refractivity contribution in [1.82, 2.24) is 0 Å². The highest BCUT2D eigenvalue weighted by atomic mass is 16.6. The van der Waals surface area contributed by atoms with E-state index in [0.717, 1.165) is 11.0 Å². The number of hydrogen-bond donors (Lipinski definition) is 1. The van der Waals surface area contributed by atoms with E-state index in [9.17, 15) is 14.7 Å². The van der Waals surface area contributed by atoms with Crippen molar-refractivity contribution in [3.8, 4) is 11.5 Å². The molecule has 0 unspecified atom stereocenters. The van der Waals surface area contributed by atoms with Crippen molar-refractivity contribution in [3.05, 3.63) is 46.3 Å². The van der Waals surface area contributed by atoms with Crippen molar-refractivity contribution in [3.63, 3.8) is 0 Å². The molecule has 1 aromatic heterocycles. The lowest BCUT2D eigenvalue weighted by Crippen LogP contribution is -2.29. The molecule has 2 atom stereocenters. The summed E-state index contributed by atoms with van der Waals surface area (Å²) in [4.78, 5) is 23.0. The Morgan fingerprint density at radius 3 is 2.74 bits per heavy atom. The first-order valence-electron chi connectivity index (χ1n) is 8.63. The highest BCUT2D eigenvalue weighted by molar-refractivity contribution is 5.85. The van der Waals surface area contributed by atoms with Crippen molar-refractivity contribution in [2.75, 3.05) is 13.7 Å². The number of carbonyl (C=O) groups is 1. The summed E-state index contributed by atoms with van der Waals surface area (Å²) in [5, 5.41) is 10.6. The Labute approximate surface area is 156 Å². The third-order valence-corrected chi connectivity index (χ3v) is 4.47. The lowest BCUT2D eigenvalue weighted by molar-refractivity contribution is -0.153. The number of ether oxygens (including phenoxy) is 3. The fourth-order valence-electron chi connectivity index (χ4n) is 3.07. The van der Waals surface area contributed by atoms with Crippen LogP contribution < -0.4 is 15.1 Å². The molecule has 0 amide bonds. The fraction of sp³-hybridized carbons (Fsp3) is 0.400. The van der Waals surface area contributed by atoms with Gasteiger partial charge in [0, 0.05) is 24.3 Å². The molecular weight excluding hydrogens is 352 g/mol. The Morgan fingerprint density at radius 2 is 2.07 bits per heavy atom. The van der Waals surface area contributed by atoms with Gasteiger partial charge in [-0.25, -0.2) is 9.59 Å². The van der Waals surface area contributed by atoms with Crippen molar-refractivity contribution < 1.29 is 28.5 Å². The minimum Gasteiger partial charge on any atom is -0.490 e. The summed E-state index contributed by atoms with van der Waals surface area (Å²) in [5.41, 5.74) is -0.570. The summed E-state index contributed by atoms with van der Waals surface area (Å²) in [7, 11) is 1.48. The minimum atomic E-state index is -1.41. The van der Waals surface area contributed by atoms with Crippen molar-refractivity contribution in [2.24, 2.45) is 0 Å². The van der Waals surface area contributed by atoms with Crippen LogP contribution in [-0.2, 0) is 9.53 Å². The highest BCUT2D eigenvalue weighted by Gasteiger charge is 2.43. The van der Waals surface area contributed by atoms with Crippen LogP contribution >= 0.6 is 0 Å². The van der Waals surface area contributed by atoms with Gasteiger partial charge in [-0.1, -0.05) is 5.57 Å². The van der Waals surface area contributed by atoms with Gasteiger partial charge < -0.3 is 23.7 Å². The Hall–Kier alpha value is -2.80. The molecule has 2 heterocycles. The molecule has 0 aliphatic carbocycles. The molecule has 27 heavy (non-hydrogen) atoms. The van der Waals surface area contributed by atoms with Gasteiger partial charge in [0.1, 0.15) is 12.7 Å². The quantitative estimate of drug-likeness (QED) is 0.472. The number of benzene rings is 1. The van der Waals surface area contributed by atoms with Gasteiger partial charge in [0.2, 0.25) is 5.75 Å². The first-order chi connectivity index (χ1) is 12.8. The first-order valence-corrected chi connectivity index (χ1v) is 8.63. The lowest BCUT2D eigenvalue weighted by Gasteiger charge is -2.12. The smallest absolute Gasteiger partial charge is 0.338 e. The predicted molar refractivity (Wildman–Crippen MR) is 98.0 cm³/mol. The lowest BCUT2D eigenvalue weighted by atomic mass is 9.99. The number of carbonyl (C=O) groups excluding carboxylic acids is 1. The molecular formula is C20H22O7. The van der Waals surface area contributed by atoms with Crippen LogP contribution in [0.2, 0.25) is 0 Å². The molecule has 1 aliphatic rings. The molecule has 0 radical (unpaired) electrons. The van der Waals surface area contributed by atoms with E-state index in [0.29, 0.717) is 23.5 Å². The SMILES string of the molecule is COc1c(OC/C=C(\C)C[C@H]2C[C@@](C)(O)C(=O)O2)ccc2ccc(=O)oc12. The van der Waals surface area contributed by atoms with Crippen LogP contribution in [0.15, 0.2) is 45.1 Å². The highest BCUT2D eigenvalue weighted by Crippen LogP contribution is 2.35. The number of fused-ring (bicyclic) bond motifs is 1. The molecule has 144 valence electrons. The average Bonchev–Trinajstić information content (AvgIpc) is 2.86. The topological polar surface area (TPSA) is 95.2 Å². The van der Waals surface area contributed by atoms with Gasteiger partial charge in [0.25, 0.3) is 0 Å². The van der Waals surface area contributed by atoms with Crippen molar-refractivity contribution in [2.45, 2.75) is 38.4 Å². The summed E-state index contributed by atoms with van der Waals surface area (Å²) in [6.07, 6.45) is 2.32. The molecule has 7 heteroatoms. The fourth-order valence-corrected chi connectivity index (χ4v) is 3.07. The zero-order chi connectivity index (χ0) is 19.6. The standard InChI is InChI=1S/C20H22O7/c1-12(10-14-11-20(2,23)19(22)26-14)8-9-25-15-6-4-13-5-7-16(21)27-17(13)18(15)24-3/h4-8,14,23H,9-11H2,1-3H3/b12-8+/t14-,20+/m0/s1. The average molecular weight is 374 g/mol. The van der Waals surface area contributed by atoms with E-state index in [1.165, 1.54) is 20.1 Å². The van der Waals surface area contributed by atoms with E-state index in [-0.39, 0.29) is 19.1 Å². The summed E-state index contributed by atoms with van der Waals surface area (Å²) < 4.78 is 21.5. The molecule has 0 bridgehead atoms. The molecule has 3 rings (SSSR count). The van der Waals surface area contributed by atoms with Crippen LogP contribution in [0.25, 0.3) is 11.0 Å². The van der Waals surface area contributed by atoms with Crippen LogP contribution in [-0.4, -0.2) is 36.5 Å². The van der Waals surface area contributed by atoms with Crippen molar-refractivity contribution >= 4 is 16.9 Å². The van der Waals surface area contributed by atoms with Gasteiger partial charge in [-0.2, -0.15) is 0 Å². The molecule has 2 aromatic rings. The monoisotopic (exact) mass is 374 g/mol. The van der Waals surface area contributed by atoms with E-state index < -0.39 is 17.2 Å². The van der Waals surface area contributed by atoms with Crippen LogP contribution in [0.1, 0.15) is 26.7 Å². The first kappa shape index (κ1) is 19.0. The van der Waals surface area contributed by atoms with Gasteiger partial charge in [-0.05, 0) is 38.1 Å². The molecule has 1 aromatic carbocycles. The number of cyclic esters (lactones) is 1. The normalized spacial score (nSPS) is 22.7. The van der Waals surface area contributed by atoms with E-state index in [1.54, 1.807) is 18.2 Å². The van der Waals surface area contributed by atoms with Crippen LogP contribution in [0, 0.1) is 0 Å². The van der Waals surface area contributed by atoms with Crippen molar-refractivity contribution in [1.29, 1.82) is 0 Å². The maximum atomic E-state index is 11.5.